The molecule has 0 spiro atoms. The minimum absolute atomic E-state index is 0.212. The van der Waals surface area contributed by atoms with Gasteiger partial charge in [-0.1, -0.05) is 37.3 Å². The Morgan fingerprint density at radius 3 is 2.96 bits per heavy atom. The van der Waals surface area contributed by atoms with Gasteiger partial charge < -0.3 is 14.1 Å². The minimum atomic E-state index is -0.304. The maximum absolute atomic E-state index is 11.9. The van der Waals surface area contributed by atoms with Gasteiger partial charge in [-0.05, 0) is 12.5 Å². The summed E-state index contributed by atoms with van der Waals surface area (Å²) < 4.78 is 10.6. The lowest BCUT2D eigenvalue weighted by Crippen LogP contribution is -2.31. The third-order valence-corrected chi connectivity index (χ3v) is 4.22. The number of esters is 1. The van der Waals surface area contributed by atoms with E-state index in [1.54, 1.807) is 18.3 Å². The Morgan fingerprint density at radius 1 is 1.50 bits per heavy atom. The van der Waals surface area contributed by atoms with E-state index in [0.29, 0.717) is 59.7 Å². The predicted molar refractivity (Wildman–Crippen MR) is 98.0 cm³/mol. The second-order valence-corrected chi connectivity index (χ2v) is 6.10. The van der Waals surface area contributed by atoms with Crippen LogP contribution in [0, 0.1) is 0 Å². The average molecular weight is 375 g/mol. The quantitative estimate of drug-likeness (QED) is 0.567. The zero-order valence-corrected chi connectivity index (χ0v) is 15.2. The zero-order chi connectivity index (χ0) is 18.5. The van der Waals surface area contributed by atoms with Gasteiger partial charge in [-0.3, -0.25) is 0 Å². The molecule has 0 atom stereocenters. The number of pyridine rings is 1. The molecule has 0 radical (unpaired) electrons. The molecule has 0 amide bonds. The van der Waals surface area contributed by atoms with Gasteiger partial charge in [0.05, 0.1) is 10.6 Å². The first-order valence-corrected chi connectivity index (χ1v) is 8.70. The average Bonchev–Trinajstić information content (AvgIpc) is 3.15. The lowest BCUT2D eigenvalue weighted by Gasteiger charge is -2.27. The number of carbonyl (C=O) groups is 1. The van der Waals surface area contributed by atoms with E-state index >= 15 is 0 Å². The van der Waals surface area contributed by atoms with Crippen molar-refractivity contribution in [1.29, 1.82) is 0 Å². The fraction of sp³-hybridized carbons (Fsp3) is 0.333. The number of nitrogens with zero attached hydrogens (tertiary/aromatic N) is 4. The Labute approximate surface area is 156 Å². The van der Waals surface area contributed by atoms with Crippen molar-refractivity contribution in [2.45, 2.75) is 19.8 Å². The second kappa shape index (κ2) is 8.14. The summed E-state index contributed by atoms with van der Waals surface area (Å²) in [5.74, 6) is 1.31. The number of aryl methyl sites for hydroxylation is 1. The molecule has 0 bridgehead atoms. The van der Waals surface area contributed by atoms with Gasteiger partial charge in [0.15, 0.2) is 0 Å². The predicted octanol–water partition coefficient (Wildman–Crippen LogP) is 3.21. The standard InChI is InChI=1S/C18H19ClN4O3/c1-3-9-25-18(24)12-5-7-23(8-6-12)16-14(19)10-13(11-20-16)17-22-21-15(4-2)26-17/h3,5,10-11H,1,4,6-9H2,2H3. The van der Waals surface area contributed by atoms with Crippen LogP contribution in [0.5, 0.6) is 0 Å². The zero-order valence-electron chi connectivity index (χ0n) is 14.4. The number of aromatic nitrogens is 3. The number of rotatable bonds is 6. The van der Waals surface area contributed by atoms with Gasteiger partial charge in [0, 0.05) is 31.3 Å². The van der Waals surface area contributed by atoms with Gasteiger partial charge in [-0.25, -0.2) is 9.78 Å². The molecule has 0 saturated heterocycles. The van der Waals surface area contributed by atoms with E-state index in [4.69, 9.17) is 20.8 Å². The molecule has 2 aromatic rings. The molecule has 1 aliphatic rings. The van der Waals surface area contributed by atoms with Crippen molar-refractivity contribution >= 4 is 23.4 Å². The first-order chi connectivity index (χ1) is 12.6. The van der Waals surface area contributed by atoms with Crippen molar-refractivity contribution in [3.05, 3.63) is 47.5 Å². The third kappa shape index (κ3) is 3.94. The fourth-order valence-electron chi connectivity index (χ4n) is 2.57. The lowest BCUT2D eigenvalue weighted by molar-refractivity contribution is -0.138. The molecule has 26 heavy (non-hydrogen) atoms. The van der Waals surface area contributed by atoms with Crippen LogP contribution < -0.4 is 4.90 Å². The van der Waals surface area contributed by atoms with Crippen LogP contribution >= 0.6 is 11.6 Å². The molecular formula is C18H19ClN4O3. The number of carbonyl (C=O) groups excluding carboxylic acids is 1. The van der Waals surface area contributed by atoms with Gasteiger partial charge in [0.1, 0.15) is 12.4 Å². The van der Waals surface area contributed by atoms with Crippen LogP contribution in [0.2, 0.25) is 5.02 Å². The van der Waals surface area contributed by atoms with Crippen LogP contribution in [0.1, 0.15) is 19.2 Å². The maximum Gasteiger partial charge on any atom is 0.334 e. The molecule has 7 nitrogen and oxygen atoms in total. The molecule has 136 valence electrons. The van der Waals surface area contributed by atoms with Crippen molar-refractivity contribution < 1.29 is 13.9 Å². The Balaban J connectivity index is 1.71. The Kier molecular flexibility index (Phi) is 5.68. The number of anilines is 1. The molecular weight excluding hydrogens is 356 g/mol. The molecule has 0 aliphatic carbocycles. The molecule has 0 fully saturated rings. The van der Waals surface area contributed by atoms with Crippen molar-refractivity contribution in [3.63, 3.8) is 0 Å². The van der Waals surface area contributed by atoms with Gasteiger partial charge in [-0.15, -0.1) is 10.2 Å². The summed E-state index contributed by atoms with van der Waals surface area (Å²) in [6.07, 6.45) is 6.28. The molecule has 3 heterocycles. The van der Waals surface area contributed by atoms with E-state index < -0.39 is 0 Å². The van der Waals surface area contributed by atoms with Crippen LogP contribution in [0.4, 0.5) is 5.82 Å². The molecule has 8 heteroatoms. The molecule has 0 unspecified atom stereocenters. The van der Waals surface area contributed by atoms with Crippen LogP contribution in [0.15, 0.2) is 41.0 Å². The first kappa shape index (κ1) is 18.1. The Bertz CT molecular complexity index is 847. The highest BCUT2D eigenvalue weighted by atomic mass is 35.5. The molecule has 1 aliphatic heterocycles. The van der Waals surface area contributed by atoms with E-state index in [2.05, 4.69) is 21.8 Å². The smallest absolute Gasteiger partial charge is 0.334 e. The van der Waals surface area contributed by atoms with E-state index in [9.17, 15) is 4.79 Å². The summed E-state index contributed by atoms with van der Waals surface area (Å²) in [6, 6.07) is 1.76. The van der Waals surface area contributed by atoms with Crippen molar-refractivity contribution in [1.82, 2.24) is 15.2 Å². The van der Waals surface area contributed by atoms with E-state index in [-0.39, 0.29) is 12.6 Å². The first-order valence-electron chi connectivity index (χ1n) is 8.32. The Hall–Kier alpha value is -2.67. The second-order valence-electron chi connectivity index (χ2n) is 5.70. The molecule has 0 N–H and O–H groups in total. The largest absolute Gasteiger partial charge is 0.458 e. The van der Waals surface area contributed by atoms with Crippen LogP contribution in [0.25, 0.3) is 11.5 Å². The molecule has 0 aromatic carbocycles. The Morgan fingerprint density at radius 2 is 2.35 bits per heavy atom. The van der Waals surface area contributed by atoms with E-state index in [1.807, 2.05) is 17.9 Å². The molecule has 0 saturated carbocycles. The van der Waals surface area contributed by atoms with Gasteiger partial charge in [-0.2, -0.15) is 0 Å². The summed E-state index contributed by atoms with van der Waals surface area (Å²) in [5, 5.41) is 8.43. The SMILES string of the molecule is C=CCOC(=O)C1=CCN(c2ncc(-c3nnc(CC)o3)cc2Cl)CC1. The van der Waals surface area contributed by atoms with Crippen molar-refractivity contribution in [3.8, 4) is 11.5 Å². The number of hydrogen-bond acceptors (Lipinski definition) is 7. The summed E-state index contributed by atoms with van der Waals surface area (Å²) in [5.41, 5.74) is 1.33. The summed E-state index contributed by atoms with van der Waals surface area (Å²) in [6.45, 7) is 6.84. The summed E-state index contributed by atoms with van der Waals surface area (Å²) >= 11 is 6.40. The van der Waals surface area contributed by atoms with Gasteiger partial charge >= 0.3 is 5.97 Å². The highest BCUT2D eigenvalue weighted by molar-refractivity contribution is 6.33. The monoisotopic (exact) mass is 374 g/mol. The normalized spacial score (nSPS) is 14.1. The van der Waals surface area contributed by atoms with E-state index in [1.165, 1.54) is 0 Å². The van der Waals surface area contributed by atoms with Crippen molar-refractivity contribution in [2.75, 3.05) is 24.6 Å². The third-order valence-electron chi connectivity index (χ3n) is 3.94. The molecule has 2 aromatic heterocycles. The molecule has 3 rings (SSSR count). The highest BCUT2D eigenvalue weighted by Crippen LogP contribution is 2.30. The van der Waals surface area contributed by atoms with E-state index in [0.717, 1.165) is 0 Å². The van der Waals surface area contributed by atoms with Crippen LogP contribution in [0.3, 0.4) is 0 Å². The highest BCUT2D eigenvalue weighted by Gasteiger charge is 2.21. The fourth-order valence-corrected chi connectivity index (χ4v) is 2.85. The number of ether oxygens (including phenoxy) is 1. The van der Waals surface area contributed by atoms with Crippen molar-refractivity contribution in [2.24, 2.45) is 0 Å². The number of halogens is 1. The van der Waals surface area contributed by atoms with Crippen LogP contribution in [-0.4, -0.2) is 40.8 Å². The number of hydrogen-bond donors (Lipinski definition) is 0. The van der Waals surface area contributed by atoms with Gasteiger partial charge in [0.25, 0.3) is 0 Å². The topological polar surface area (TPSA) is 81.4 Å². The summed E-state index contributed by atoms with van der Waals surface area (Å²) in [7, 11) is 0. The lowest BCUT2D eigenvalue weighted by atomic mass is 10.1. The minimum Gasteiger partial charge on any atom is -0.458 e. The summed E-state index contributed by atoms with van der Waals surface area (Å²) in [4.78, 5) is 18.3. The van der Waals surface area contributed by atoms with Crippen LogP contribution in [-0.2, 0) is 16.0 Å². The van der Waals surface area contributed by atoms with Gasteiger partial charge in [0.2, 0.25) is 11.8 Å². The maximum atomic E-state index is 11.9.